The number of hydrogen-bond acceptors (Lipinski definition) is 2. The van der Waals surface area contributed by atoms with E-state index in [0.29, 0.717) is 27.7 Å². The van der Waals surface area contributed by atoms with Crippen molar-refractivity contribution in [2.24, 2.45) is 0 Å². The molecule has 2 aromatic carbocycles. The Morgan fingerprint density at radius 3 is 2.26 bits per heavy atom. The minimum Gasteiger partial charge on any atom is -0.322 e. The monoisotopic (exact) mass is 348 g/mol. The predicted molar refractivity (Wildman–Crippen MR) is 92.4 cm³/mol. The summed E-state index contributed by atoms with van der Waals surface area (Å²) in [5, 5.41) is 3.66. The van der Waals surface area contributed by atoms with E-state index in [4.69, 9.17) is 23.2 Å². The van der Waals surface area contributed by atoms with Crippen LogP contribution in [0.5, 0.6) is 0 Å². The molecule has 1 saturated heterocycles. The highest BCUT2D eigenvalue weighted by molar-refractivity contribution is 6.35. The van der Waals surface area contributed by atoms with Gasteiger partial charge in [0.2, 0.25) is 5.91 Å². The van der Waals surface area contributed by atoms with E-state index < -0.39 is 0 Å². The van der Waals surface area contributed by atoms with Gasteiger partial charge in [0, 0.05) is 39.9 Å². The quantitative estimate of drug-likeness (QED) is 0.894. The summed E-state index contributed by atoms with van der Waals surface area (Å²) in [6, 6.07) is 11.8. The molecule has 1 N–H and O–H groups in total. The van der Waals surface area contributed by atoms with Crippen molar-refractivity contribution in [1.82, 2.24) is 0 Å². The number of carbonyl (C=O) groups excluding carboxylic acids is 2. The molecule has 0 aliphatic carbocycles. The molecule has 3 rings (SSSR count). The lowest BCUT2D eigenvalue weighted by atomic mass is 10.1. The van der Waals surface area contributed by atoms with E-state index >= 15 is 0 Å². The molecule has 0 spiro atoms. The van der Waals surface area contributed by atoms with Gasteiger partial charge in [-0.2, -0.15) is 0 Å². The number of carbonyl (C=O) groups is 2. The van der Waals surface area contributed by atoms with Crippen molar-refractivity contribution in [3.63, 3.8) is 0 Å². The minimum atomic E-state index is -0.261. The topological polar surface area (TPSA) is 49.4 Å². The normalized spacial score (nSPS) is 14.2. The molecule has 1 aliphatic rings. The van der Waals surface area contributed by atoms with Gasteiger partial charge in [0.05, 0.1) is 0 Å². The fraction of sp³-hybridized carbons (Fsp3) is 0.176. The van der Waals surface area contributed by atoms with Gasteiger partial charge in [-0.25, -0.2) is 0 Å². The predicted octanol–water partition coefficient (Wildman–Crippen LogP) is 4.37. The zero-order valence-electron chi connectivity index (χ0n) is 12.2. The Balaban J connectivity index is 1.73. The third kappa shape index (κ3) is 3.66. The summed E-state index contributed by atoms with van der Waals surface area (Å²) in [6.07, 6.45) is 1.45. The van der Waals surface area contributed by atoms with E-state index in [-0.39, 0.29) is 11.8 Å². The van der Waals surface area contributed by atoms with Crippen molar-refractivity contribution in [3.8, 4) is 0 Å². The SMILES string of the molecule is O=C(Nc1cc(Cl)cc(Cl)c1)c1ccc(N2CCCC2=O)cc1. The van der Waals surface area contributed by atoms with Gasteiger partial charge in [0.1, 0.15) is 0 Å². The Morgan fingerprint density at radius 1 is 1.04 bits per heavy atom. The van der Waals surface area contributed by atoms with Crippen LogP contribution in [0, 0.1) is 0 Å². The zero-order chi connectivity index (χ0) is 16.4. The summed E-state index contributed by atoms with van der Waals surface area (Å²) >= 11 is 11.8. The standard InChI is InChI=1S/C17H14Cl2N2O2/c18-12-8-13(19)10-14(9-12)20-17(23)11-3-5-15(6-4-11)21-7-1-2-16(21)22/h3-6,8-10H,1-2,7H2,(H,20,23). The first-order valence-electron chi connectivity index (χ1n) is 7.21. The molecular formula is C17H14Cl2N2O2. The number of nitrogens with one attached hydrogen (secondary N) is 1. The van der Waals surface area contributed by atoms with Crippen LogP contribution in [-0.4, -0.2) is 18.4 Å². The largest absolute Gasteiger partial charge is 0.322 e. The highest BCUT2D eigenvalue weighted by Gasteiger charge is 2.21. The molecule has 1 heterocycles. The van der Waals surface area contributed by atoms with Gasteiger partial charge in [-0.15, -0.1) is 0 Å². The number of hydrogen-bond donors (Lipinski definition) is 1. The van der Waals surface area contributed by atoms with Crippen LogP contribution in [0.25, 0.3) is 0 Å². The average Bonchev–Trinajstić information content (AvgIpc) is 2.92. The molecular weight excluding hydrogens is 335 g/mol. The lowest BCUT2D eigenvalue weighted by Gasteiger charge is -2.15. The smallest absolute Gasteiger partial charge is 0.255 e. The fourth-order valence-electron chi connectivity index (χ4n) is 2.54. The molecule has 2 aromatic rings. The van der Waals surface area contributed by atoms with Crippen molar-refractivity contribution >= 4 is 46.4 Å². The summed E-state index contributed by atoms with van der Waals surface area (Å²) in [4.78, 5) is 25.7. The van der Waals surface area contributed by atoms with Crippen LogP contribution in [0.15, 0.2) is 42.5 Å². The van der Waals surface area contributed by atoms with Gasteiger partial charge in [0.25, 0.3) is 5.91 Å². The molecule has 0 atom stereocenters. The number of halogens is 2. The molecule has 1 fully saturated rings. The van der Waals surface area contributed by atoms with Gasteiger partial charge in [-0.05, 0) is 48.9 Å². The van der Waals surface area contributed by atoms with Crippen LogP contribution < -0.4 is 10.2 Å². The van der Waals surface area contributed by atoms with Gasteiger partial charge in [0.15, 0.2) is 0 Å². The zero-order valence-corrected chi connectivity index (χ0v) is 13.7. The number of anilines is 2. The van der Waals surface area contributed by atoms with Gasteiger partial charge < -0.3 is 10.2 Å². The van der Waals surface area contributed by atoms with Crippen LogP contribution in [0.4, 0.5) is 11.4 Å². The van der Waals surface area contributed by atoms with E-state index in [0.717, 1.165) is 18.7 Å². The van der Waals surface area contributed by atoms with E-state index in [1.807, 2.05) is 0 Å². The van der Waals surface area contributed by atoms with Crippen molar-refractivity contribution in [2.75, 3.05) is 16.8 Å². The van der Waals surface area contributed by atoms with E-state index in [9.17, 15) is 9.59 Å². The van der Waals surface area contributed by atoms with Crippen molar-refractivity contribution < 1.29 is 9.59 Å². The first-order chi connectivity index (χ1) is 11.0. The first kappa shape index (κ1) is 15.8. The van der Waals surface area contributed by atoms with Crippen LogP contribution >= 0.6 is 23.2 Å². The molecule has 23 heavy (non-hydrogen) atoms. The fourth-order valence-corrected chi connectivity index (χ4v) is 3.07. The first-order valence-corrected chi connectivity index (χ1v) is 7.96. The third-order valence-electron chi connectivity index (χ3n) is 3.64. The Bertz CT molecular complexity index is 739. The summed E-state index contributed by atoms with van der Waals surface area (Å²) < 4.78 is 0. The number of benzene rings is 2. The second-order valence-electron chi connectivity index (χ2n) is 5.31. The molecule has 0 bridgehead atoms. The molecule has 118 valence electrons. The third-order valence-corrected chi connectivity index (χ3v) is 4.07. The minimum absolute atomic E-state index is 0.121. The highest BCUT2D eigenvalue weighted by atomic mass is 35.5. The van der Waals surface area contributed by atoms with Gasteiger partial charge >= 0.3 is 0 Å². The number of amides is 2. The van der Waals surface area contributed by atoms with Crippen molar-refractivity contribution in [3.05, 3.63) is 58.1 Å². The molecule has 2 amide bonds. The Labute approximate surface area is 144 Å². The number of rotatable bonds is 3. The van der Waals surface area contributed by atoms with Crippen LogP contribution in [0.2, 0.25) is 10.0 Å². The van der Waals surface area contributed by atoms with E-state index in [2.05, 4.69) is 5.32 Å². The van der Waals surface area contributed by atoms with Crippen molar-refractivity contribution in [1.29, 1.82) is 0 Å². The second kappa shape index (κ2) is 6.60. The molecule has 0 saturated carbocycles. The van der Waals surface area contributed by atoms with Crippen molar-refractivity contribution in [2.45, 2.75) is 12.8 Å². The Hall–Kier alpha value is -2.04. The summed E-state index contributed by atoms with van der Waals surface area (Å²) in [5.41, 5.74) is 1.85. The average molecular weight is 349 g/mol. The van der Waals surface area contributed by atoms with Crippen LogP contribution in [-0.2, 0) is 4.79 Å². The molecule has 0 unspecified atom stereocenters. The maximum Gasteiger partial charge on any atom is 0.255 e. The van der Waals surface area contributed by atoms with Gasteiger partial charge in [-0.3, -0.25) is 9.59 Å². The summed E-state index contributed by atoms with van der Waals surface area (Å²) in [7, 11) is 0. The lowest BCUT2D eigenvalue weighted by molar-refractivity contribution is -0.117. The van der Waals surface area contributed by atoms with E-state index in [1.54, 1.807) is 47.4 Å². The summed E-state index contributed by atoms with van der Waals surface area (Å²) in [5.74, 6) is -0.140. The number of nitrogens with zero attached hydrogens (tertiary/aromatic N) is 1. The molecule has 0 radical (unpaired) electrons. The highest BCUT2D eigenvalue weighted by Crippen LogP contribution is 2.24. The molecule has 6 heteroatoms. The summed E-state index contributed by atoms with van der Waals surface area (Å²) in [6.45, 7) is 0.728. The molecule has 0 aromatic heterocycles. The maximum absolute atomic E-state index is 12.3. The van der Waals surface area contributed by atoms with Crippen LogP contribution in [0.1, 0.15) is 23.2 Å². The van der Waals surface area contributed by atoms with Gasteiger partial charge in [-0.1, -0.05) is 23.2 Å². The molecule has 1 aliphatic heterocycles. The second-order valence-corrected chi connectivity index (χ2v) is 6.18. The van der Waals surface area contributed by atoms with E-state index in [1.165, 1.54) is 0 Å². The Morgan fingerprint density at radius 2 is 1.70 bits per heavy atom. The molecule has 4 nitrogen and oxygen atoms in total. The maximum atomic E-state index is 12.3. The van der Waals surface area contributed by atoms with Crippen LogP contribution in [0.3, 0.4) is 0 Å². The Kier molecular flexibility index (Phi) is 4.55. The lowest BCUT2D eigenvalue weighted by Crippen LogP contribution is -2.23.